The van der Waals surface area contributed by atoms with E-state index < -0.39 is 10.0 Å². The van der Waals surface area contributed by atoms with Gasteiger partial charge in [-0.2, -0.15) is 9.40 Å². The molecule has 0 atom stereocenters. The number of aromatic amines is 1. The number of thiophene rings is 1. The molecule has 3 aromatic rings. The Balaban J connectivity index is 1.88. The van der Waals surface area contributed by atoms with Gasteiger partial charge in [-0.25, -0.2) is 13.5 Å². The van der Waals surface area contributed by atoms with Gasteiger partial charge in [0, 0.05) is 12.6 Å². The van der Waals surface area contributed by atoms with E-state index in [1.807, 2.05) is 6.92 Å². The Hall–Kier alpha value is -2.23. The summed E-state index contributed by atoms with van der Waals surface area (Å²) in [5, 5.41) is 6.30. The lowest BCUT2D eigenvalue weighted by Gasteiger charge is -2.20. The molecule has 0 unspecified atom stereocenters. The smallest absolute Gasteiger partial charge is 0.264 e. The van der Waals surface area contributed by atoms with E-state index in [2.05, 4.69) is 10.2 Å². The second kappa shape index (κ2) is 7.98. The molecule has 3 rings (SSSR count). The lowest BCUT2D eigenvalue weighted by Crippen LogP contribution is -2.31. The number of aromatic nitrogens is 2. The quantitative estimate of drug-likeness (QED) is 0.634. The zero-order chi connectivity index (χ0) is 18.6. The van der Waals surface area contributed by atoms with Gasteiger partial charge in [0.15, 0.2) is 0 Å². The summed E-state index contributed by atoms with van der Waals surface area (Å²) in [4.78, 5) is 11.8. The van der Waals surface area contributed by atoms with Crippen LogP contribution in [0.15, 0.2) is 56.1 Å². The molecule has 0 aliphatic rings. The molecular formula is C17H19N3O4S2. The number of nitrogens with zero attached hydrogens (tertiary/aromatic N) is 2. The topological polar surface area (TPSA) is 96.3 Å². The van der Waals surface area contributed by atoms with Crippen molar-refractivity contribution in [2.24, 2.45) is 0 Å². The first-order chi connectivity index (χ1) is 12.5. The maximum Gasteiger partial charge on any atom is 0.264 e. The number of hydrogen-bond donors (Lipinski definition) is 1. The predicted octanol–water partition coefficient (Wildman–Crippen LogP) is 3.08. The van der Waals surface area contributed by atoms with Gasteiger partial charge in [0.05, 0.1) is 17.7 Å². The van der Waals surface area contributed by atoms with Crippen LogP contribution in [0.1, 0.15) is 25.5 Å². The zero-order valence-corrected chi connectivity index (χ0v) is 15.8. The second-order valence-electron chi connectivity index (χ2n) is 5.70. The summed E-state index contributed by atoms with van der Waals surface area (Å²) < 4.78 is 33.1. The molecule has 0 bridgehead atoms. The van der Waals surface area contributed by atoms with E-state index in [-0.39, 0.29) is 16.3 Å². The molecule has 0 amide bonds. The van der Waals surface area contributed by atoms with Crippen LogP contribution in [0.25, 0.3) is 10.6 Å². The first-order valence-electron chi connectivity index (χ1n) is 8.19. The van der Waals surface area contributed by atoms with Crippen LogP contribution in [0, 0.1) is 0 Å². The number of H-pyrrole nitrogens is 1. The van der Waals surface area contributed by atoms with E-state index in [4.69, 9.17) is 4.42 Å². The second-order valence-corrected chi connectivity index (χ2v) is 8.95. The van der Waals surface area contributed by atoms with Gasteiger partial charge in [-0.15, -0.1) is 11.3 Å². The molecule has 9 heteroatoms. The third-order valence-electron chi connectivity index (χ3n) is 3.78. The highest BCUT2D eigenvalue weighted by atomic mass is 32.2. The average Bonchev–Trinajstić information content (AvgIpc) is 3.31. The minimum absolute atomic E-state index is 0.194. The fraction of sp³-hybridized carbons (Fsp3) is 0.294. The summed E-state index contributed by atoms with van der Waals surface area (Å²) in [5.74, 6) is 0.601. The summed E-state index contributed by atoms with van der Waals surface area (Å²) in [6.45, 7) is 2.63. The van der Waals surface area contributed by atoms with Crippen molar-refractivity contribution in [2.75, 3.05) is 6.54 Å². The van der Waals surface area contributed by atoms with Gasteiger partial charge in [-0.1, -0.05) is 13.3 Å². The van der Waals surface area contributed by atoms with Crippen molar-refractivity contribution in [3.63, 3.8) is 0 Å². The maximum atomic E-state index is 13.1. The molecule has 7 nitrogen and oxygen atoms in total. The Labute approximate surface area is 155 Å². The molecule has 0 fully saturated rings. The van der Waals surface area contributed by atoms with Gasteiger partial charge < -0.3 is 4.42 Å². The average molecular weight is 393 g/mol. The van der Waals surface area contributed by atoms with E-state index in [9.17, 15) is 13.2 Å². The monoisotopic (exact) mass is 393 g/mol. The summed E-state index contributed by atoms with van der Waals surface area (Å²) in [6.07, 6.45) is 3.19. The lowest BCUT2D eigenvalue weighted by atomic mass is 10.3. The number of rotatable bonds is 8. The van der Waals surface area contributed by atoms with Crippen molar-refractivity contribution in [3.05, 3.63) is 58.8 Å². The highest BCUT2D eigenvalue weighted by Crippen LogP contribution is 2.31. The van der Waals surface area contributed by atoms with Gasteiger partial charge in [0.2, 0.25) is 0 Å². The van der Waals surface area contributed by atoms with E-state index in [1.54, 1.807) is 30.3 Å². The third-order valence-corrected chi connectivity index (χ3v) is 7.20. The van der Waals surface area contributed by atoms with Crippen LogP contribution in [0.5, 0.6) is 0 Å². The summed E-state index contributed by atoms with van der Waals surface area (Å²) >= 11 is 1.13. The van der Waals surface area contributed by atoms with Crippen LogP contribution in [-0.4, -0.2) is 29.5 Å². The van der Waals surface area contributed by atoms with Crippen LogP contribution in [-0.2, 0) is 16.6 Å². The van der Waals surface area contributed by atoms with Crippen LogP contribution in [0.4, 0.5) is 0 Å². The van der Waals surface area contributed by atoms with Gasteiger partial charge in [0.25, 0.3) is 15.6 Å². The Morgan fingerprint density at radius 1 is 1.23 bits per heavy atom. The van der Waals surface area contributed by atoms with Gasteiger partial charge in [-0.05, 0) is 36.8 Å². The molecule has 0 saturated carbocycles. The number of furan rings is 1. The van der Waals surface area contributed by atoms with Crippen molar-refractivity contribution in [1.29, 1.82) is 0 Å². The molecule has 0 aliphatic heterocycles. The van der Waals surface area contributed by atoms with Crippen LogP contribution in [0.3, 0.4) is 0 Å². The van der Waals surface area contributed by atoms with Crippen LogP contribution in [0.2, 0.25) is 0 Å². The SMILES string of the molecule is CCCCN(Cc1ccco1)S(=O)(=O)c1ccc(-c2ccc(=O)[nH]n2)s1. The molecule has 0 spiro atoms. The largest absolute Gasteiger partial charge is 0.468 e. The summed E-state index contributed by atoms with van der Waals surface area (Å²) in [7, 11) is -3.65. The highest BCUT2D eigenvalue weighted by Gasteiger charge is 2.27. The molecule has 3 aromatic heterocycles. The Kier molecular flexibility index (Phi) is 5.70. The molecule has 26 heavy (non-hydrogen) atoms. The molecule has 138 valence electrons. The number of sulfonamides is 1. The Morgan fingerprint density at radius 2 is 2.08 bits per heavy atom. The molecule has 0 aliphatic carbocycles. The number of hydrogen-bond acceptors (Lipinski definition) is 6. The maximum absolute atomic E-state index is 13.1. The fourth-order valence-corrected chi connectivity index (χ4v) is 5.28. The third kappa shape index (κ3) is 4.12. The Morgan fingerprint density at radius 3 is 2.73 bits per heavy atom. The van der Waals surface area contributed by atoms with E-state index in [0.717, 1.165) is 24.2 Å². The predicted molar refractivity (Wildman–Crippen MR) is 99.4 cm³/mol. The van der Waals surface area contributed by atoms with Crippen molar-refractivity contribution >= 4 is 21.4 Å². The molecular weight excluding hydrogens is 374 g/mol. The molecule has 3 heterocycles. The van der Waals surface area contributed by atoms with Crippen LogP contribution < -0.4 is 5.56 Å². The summed E-state index contributed by atoms with van der Waals surface area (Å²) in [5.41, 5.74) is 0.226. The number of nitrogens with one attached hydrogen (secondary N) is 1. The first kappa shape index (κ1) is 18.6. The van der Waals surface area contributed by atoms with Crippen LogP contribution >= 0.6 is 11.3 Å². The molecule has 1 N–H and O–H groups in total. The highest BCUT2D eigenvalue weighted by molar-refractivity contribution is 7.91. The minimum atomic E-state index is -3.65. The Bertz CT molecular complexity index is 986. The normalized spacial score (nSPS) is 11.9. The standard InChI is InChI=1S/C17H19N3O4S2/c1-2-3-10-20(12-13-5-4-11-24-13)26(22,23)17-9-7-15(25-17)14-6-8-16(21)19-18-14/h4-9,11H,2-3,10,12H2,1H3,(H,19,21). The van der Waals surface area contributed by atoms with E-state index >= 15 is 0 Å². The van der Waals surface area contributed by atoms with Crippen molar-refractivity contribution in [2.45, 2.75) is 30.5 Å². The van der Waals surface area contributed by atoms with Gasteiger partial charge in [-0.3, -0.25) is 4.79 Å². The van der Waals surface area contributed by atoms with E-state index in [0.29, 0.717) is 22.9 Å². The van der Waals surface area contributed by atoms with Gasteiger partial charge >= 0.3 is 0 Å². The molecule has 0 aromatic carbocycles. The van der Waals surface area contributed by atoms with Gasteiger partial charge in [0.1, 0.15) is 15.7 Å². The molecule has 0 radical (unpaired) electrons. The zero-order valence-electron chi connectivity index (χ0n) is 14.2. The van der Waals surface area contributed by atoms with Crippen molar-refractivity contribution < 1.29 is 12.8 Å². The lowest BCUT2D eigenvalue weighted by molar-refractivity contribution is 0.359. The summed E-state index contributed by atoms with van der Waals surface area (Å²) in [6, 6.07) is 9.70. The van der Waals surface area contributed by atoms with Crippen molar-refractivity contribution in [1.82, 2.24) is 14.5 Å². The fourth-order valence-electron chi connectivity index (χ4n) is 2.40. The minimum Gasteiger partial charge on any atom is -0.468 e. The number of unbranched alkanes of at least 4 members (excludes halogenated alkanes) is 1. The van der Waals surface area contributed by atoms with Crippen molar-refractivity contribution in [3.8, 4) is 10.6 Å². The molecule has 0 saturated heterocycles. The first-order valence-corrected chi connectivity index (χ1v) is 10.4. The van der Waals surface area contributed by atoms with E-state index in [1.165, 1.54) is 16.6 Å².